The van der Waals surface area contributed by atoms with Crippen LogP contribution in [0.15, 0.2) is 71.4 Å². The van der Waals surface area contributed by atoms with Crippen LogP contribution < -0.4 is 4.90 Å². The zero-order valence-electron chi connectivity index (χ0n) is 15.7. The van der Waals surface area contributed by atoms with Crippen LogP contribution in [-0.2, 0) is 13.0 Å². The molecule has 2 aromatic heterocycles. The van der Waals surface area contributed by atoms with E-state index in [0.29, 0.717) is 11.7 Å². The number of rotatable bonds is 3. The fraction of sp³-hybridized carbons (Fsp3) is 0.174. The predicted molar refractivity (Wildman–Crippen MR) is 109 cm³/mol. The molecule has 5 heteroatoms. The van der Waals surface area contributed by atoms with Crippen LogP contribution in [0.5, 0.6) is 0 Å². The first-order chi connectivity index (χ1) is 13.8. The number of fused-ring (bicyclic) bond motifs is 1. The number of nitrogens with zero attached hydrogens (tertiary/aromatic N) is 4. The largest absolute Gasteiger partial charge is 0.352 e. The van der Waals surface area contributed by atoms with E-state index in [1.807, 2.05) is 42.6 Å². The van der Waals surface area contributed by atoms with E-state index in [-0.39, 0.29) is 0 Å². The molecule has 1 aliphatic heterocycles. The molecule has 1 aliphatic rings. The van der Waals surface area contributed by atoms with Gasteiger partial charge in [-0.3, -0.25) is 0 Å². The molecule has 0 unspecified atom stereocenters. The molecule has 28 heavy (non-hydrogen) atoms. The van der Waals surface area contributed by atoms with Crippen molar-refractivity contribution in [2.75, 3.05) is 11.4 Å². The Morgan fingerprint density at radius 2 is 1.68 bits per heavy atom. The summed E-state index contributed by atoms with van der Waals surface area (Å²) in [4.78, 5) is 11.5. The number of anilines is 1. The van der Waals surface area contributed by atoms with Crippen LogP contribution in [0.3, 0.4) is 0 Å². The average molecular weight is 368 g/mol. The standard InChI is InChI=1S/C23H20N4O/c1-16-6-8-18(9-7-16)22-25-23(28-26-22)19-10-11-21(24-14-19)27-13-12-17-4-2-3-5-20(17)15-27/h2-11,14H,12-13,15H2,1H3. The highest BCUT2D eigenvalue weighted by Crippen LogP contribution is 2.26. The monoisotopic (exact) mass is 368 g/mol. The summed E-state index contributed by atoms with van der Waals surface area (Å²) < 4.78 is 5.45. The minimum absolute atomic E-state index is 0.485. The van der Waals surface area contributed by atoms with Crippen molar-refractivity contribution < 1.29 is 4.52 Å². The van der Waals surface area contributed by atoms with Gasteiger partial charge in [0.25, 0.3) is 5.89 Å². The molecule has 0 amide bonds. The summed E-state index contributed by atoms with van der Waals surface area (Å²) in [7, 11) is 0. The van der Waals surface area contributed by atoms with Crippen LogP contribution >= 0.6 is 0 Å². The van der Waals surface area contributed by atoms with Crippen LogP contribution in [0.2, 0.25) is 0 Å². The molecule has 0 bridgehead atoms. The van der Waals surface area contributed by atoms with Gasteiger partial charge in [0.15, 0.2) is 0 Å². The zero-order chi connectivity index (χ0) is 18.9. The van der Waals surface area contributed by atoms with Crippen LogP contribution in [-0.4, -0.2) is 21.7 Å². The molecule has 2 aromatic carbocycles. The first kappa shape index (κ1) is 16.7. The average Bonchev–Trinajstić information content (AvgIpc) is 3.24. The molecule has 0 aliphatic carbocycles. The number of benzene rings is 2. The second-order valence-corrected chi connectivity index (χ2v) is 7.13. The predicted octanol–water partition coefficient (Wildman–Crippen LogP) is 4.67. The SMILES string of the molecule is Cc1ccc(-c2noc(-c3ccc(N4CCc5ccccc5C4)nc3)n2)cc1. The van der Waals surface area contributed by atoms with Crippen molar-refractivity contribution in [3.8, 4) is 22.8 Å². The summed E-state index contributed by atoms with van der Waals surface area (Å²) in [6.45, 7) is 3.92. The van der Waals surface area contributed by atoms with Crippen LogP contribution in [0.4, 0.5) is 5.82 Å². The molecule has 0 N–H and O–H groups in total. The zero-order valence-corrected chi connectivity index (χ0v) is 15.7. The minimum atomic E-state index is 0.485. The molecule has 0 spiro atoms. The summed E-state index contributed by atoms with van der Waals surface area (Å²) in [6, 6.07) is 20.7. The molecule has 0 saturated carbocycles. The Bertz CT molecular complexity index is 1100. The van der Waals surface area contributed by atoms with E-state index in [4.69, 9.17) is 4.52 Å². The van der Waals surface area contributed by atoms with Gasteiger partial charge in [0.2, 0.25) is 5.82 Å². The van der Waals surface area contributed by atoms with Gasteiger partial charge >= 0.3 is 0 Å². The molecule has 138 valence electrons. The van der Waals surface area contributed by atoms with Crippen molar-refractivity contribution >= 4 is 5.82 Å². The highest BCUT2D eigenvalue weighted by Gasteiger charge is 2.17. The molecule has 0 radical (unpaired) electrons. The maximum Gasteiger partial charge on any atom is 0.259 e. The van der Waals surface area contributed by atoms with Gasteiger partial charge < -0.3 is 9.42 Å². The molecule has 5 nitrogen and oxygen atoms in total. The van der Waals surface area contributed by atoms with E-state index in [0.717, 1.165) is 36.5 Å². The number of hydrogen-bond acceptors (Lipinski definition) is 5. The van der Waals surface area contributed by atoms with E-state index in [1.54, 1.807) is 0 Å². The maximum absolute atomic E-state index is 5.45. The Morgan fingerprint density at radius 1 is 0.893 bits per heavy atom. The normalized spacial score (nSPS) is 13.4. The van der Waals surface area contributed by atoms with Gasteiger partial charge in [-0.2, -0.15) is 4.98 Å². The summed E-state index contributed by atoms with van der Waals surface area (Å²) >= 11 is 0. The minimum Gasteiger partial charge on any atom is -0.352 e. The summed E-state index contributed by atoms with van der Waals surface area (Å²) in [5.74, 6) is 2.04. The van der Waals surface area contributed by atoms with Gasteiger partial charge in [0.05, 0.1) is 5.56 Å². The van der Waals surface area contributed by atoms with Gasteiger partial charge in [-0.1, -0.05) is 59.3 Å². The molecule has 5 rings (SSSR count). The Hall–Kier alpha value is -3.47. The molecule has 3 heterocycles. The molecule has 4 aromatic rings. The number of aryl methyl sites for hydroxylation is 1. The van der Waals surface area contributed by atoms with E-state index in [1.165, 1.54) is 16.7 Å². The van der Waals surface area contributed by atoms with Gasteiger partial charge in [-0.05, 0) is 36.6 Å². The third-order valence-electron chi connectivity index (χ3n) is 5.19. The summed E-state index contributed by atoms with van der Waals surface area (Å²) in [5, 5.41) is 4.11. The smallest absolute Gasteiger partial charge is 0.259 e. The number of aromatic nitrogens is 3. The summed E-state index contributed by atoms with van der Waals surface area (Å²) in [6.07, 6.45) is 2.85. The van der Waals surface area contributed by atoms with Crippen LogP contribution in [0.25, 0.3) is 22.8 Å². The van der Waals surface area contributed by atoms with E-state index in [9.17, 15) is 0 Å². The van der Waals surface area contributed by atoms with E-state index in [2.05, 4.69) is 51.2 Å². The number of pyridine rings is 1. The first-order valence-electron chi connectivity index (χ1n) is 9.45. The molecule has 0 saturated heterocycles. The molecule has 0 fully saturated rings. The van der Waals surface area contributed by atoms with Gasteiger partial charge in [-0.15, -0.1) is 0 Å². The first-order valence-corrected chi connectivity index (χ1v) is 9.45. The van der Waals surface area contributed by atoms with E-state index >= 15 is 0 Å². The highest BCUT2D eigenvalue weighted by atomic mass is 16.5. The van der Waals surface area contributed by atoms with Crippen molar-refractivity contribution in [1.29, 1.82) is 0 Å². The quantitative estimate of drug-likeness (QED) is 0.526. The van der Waals surface area contributed by atoms with Gasteiger partial charge in [-0.25, -0.2) is 4.98 Å². The van der Waals surface area contributed by atoms with Crippen LogP contribution in [0.1, 0.15) is 16.7 Å². The Balaban J connectivity index is 1.35. The van der Waals surface area contributed by atoms with Crippen molar-refractivity contribution in [3.05, 3.63) is 83.6 Å². The fourth-order valence-electron chi connectivity index (χ4n) is 3.55. The van der Waals surface area contributed by atoms with Gasteiger partial charge in [0, 0.05) is 24.8 Å². The lowest BCUT2D eigenvalue weighted by molar-refractivity contribution is 0.432. The molecule has 0 atom stereocenters. The second kappa shape index (κ2) is 6.93. The molecular weight excluding hydrogens is 348 g/mol. The Kier molecular flexibility index (Phi) is 4.13. The Labute approximate surface area is 163 Å². The van der Waals surface area contributed by atoms with Crippen molar-refractivity contribution in [2.24, 2.45) is 0 Å². The maximum atomic E-state index is 5.45. The van der Waals surface area contributed by atoms with Crippen LogP contribution in [0, 0.1) is 6.92 Å². The third-order valence-corrected chi connectivity index (χ3v) is 5.19. The van der Waals surface area contributed by atoms with Crippen molar-refractivity contribution in [1.82, 2.24) is 15.1 Å². The van der Waals surface area contributed by atoms with Crippen molar-refractivity contribution in [2.45, 2.75) is 19.9 Å². The lowest BCUT2D eigenvalue weighted by atomic mass is 10.00. The third kappa shape index (κ3) is 3.16. The van der Waals surface area contributed by atoms with Gasteiger partial charge in [0.1, 0.15) is 5.82 Å². The fourth-order valence-corrected chi connectivity index (χ4v) is 3.55. The van der Waals surface area contributed by atoms with E-state index < -0.39 is 0 Å². The highest BCUT2D eigenvalue weighted by molar-refractivity contribution is 5.60. The topological polar surface area (TPSA) is 55.1 Å². The second-order valence-electron chi connectivity index (χ2n) is 7.13. The lowest BCUT2D eigenvalue weighted by Gasteiger charge is -2.29. The number of hydrogen-bond donors (Lipinski definition) is 0. The van der Waals surface area contributed by atoms with Crippen molar-refractivity contribution in [3.63, 3.8) is 0 Å². The Morgan fingerprint density at radius 3 is 2.46 bits per heavy atom. The lowest BCUT2D eigenvalue weighted by Crippen LogP contribution is -2.30. The molecular formula is C23H20N4O. The summed E-state index contributed by atoms with van der Waals surface area (Å²) in [5.41, 5.74) is 5.78.